The lowest BCUT2D eigenvalue weighted by Gasteiger charge is -2.26. The van der Waals surface area contributed by atoms with Crippen molar-refractivity contribution in [1.82, 2.24) is 10.6 Å². The minimum Gasteiger partial charge on any atom is -0.384 e. The van der Waals surface area contributed by atoms with Crippen molar-refractivity contribution in [1.29, 1.82) is 0 Å². The van der Waals surface area contributed by atoms with Gasteiger partial charge in [-0.2, -0.15) is 0 Å². The average molecular weight is 240 g/mol. The van der Waals surface area contributed by atoms with Gasteiger partial charge in [-0.15, -0.1) is 0 Å². The van der Waals surface area contributed by atoms with Crippen LogP contribution in [-0.4, -0.2) is 39.3 Å². The van der Waals surface area contributed by atoms with Gasteiger partial charge in [0, 0.05) is 20.2 Å². The van der Waals surface area contributed by atoms with E-state index in [1.807, 2.05) is 0 Å². The summed E-state index contributed by atoms with van der Waals surface area (Å²) >= 11 is 0. The molecule has 0 aromatic rings. The van der Waals surface area contributed by atoms with Crippen LogP contribution in [0.2, 0.25) is 0 Å². The Morgan fingerprint density at radius 3 is 2.71 bits per heavy atom. The highest BCUT2D eigenvalue weighted by Crippen LogP contribution is 2.51. The van der Waals surface area contributed by atoms with E-state index < -0.39 is 0 Å². The van der Waals surface area contributed by atoms with Gasteiger partial charge in [-0.3, -0.25) is 4.79 Å². The molecule has 0 bridgehead atoms. The van der Waals surface area contributed by atoms with E-state index in [1.54, 1.807) is 7.11 Å². The summed E-state index contributed by atoms with van der Waals surface area (Å²) in [6, 6.07) is 0. The standard InChI is InChI=1S/C13H24N2O2/c1-12(2)6-10(12)7-15-11(16)13(9-17-3)4-5-14-8-13/h10,14H,4-9H2,1-3H3,(H,15,16). The zero-order valence-corrected chi connectivity index (χ0v) is 11.1. The maximum Gasteiger partial charge on any atom is 0.229 e. The van der Waals surface area contributed by atoms with Crippen molar-refractivity contribution >= 4 is 5.91 Å². The largest absolute Gasteiger partial charge is 0.384 e. The minimum atomic E-state index is -0.340. The zero-order chi connectivity index (χ0) is 12.5. The van der Waals surface area contributed by atoms with Gasteiger partial charge < -0.3 is 15.4 Å². The number of amides is 1. The average Bonchev–Trinajstić information content (AvgIpc) is 2.70. The Morgan fingerprint density at radius 2 is 2.24 bits per heavy atom. The third-order valence-corrected chi connectivity index (χ3v) is 4.37. The summed E-state index contributed by atoms with van der Waals surface area (Å²) in [5.41, 5.74) is 0.0867. The van der Waals surface area contributed by atoms with E-state index in [-0.39, 0.29) is 11.3 Å². The Bertz CT molecular complexity index is 296. The molecule has 2 rings (SSSR count). The molecule has 2 aliphatic rings. The van der Waals surface area contributed by atoms with Crippen LogP contribution in [0, 0.1) is 16.7 Å². The molecule has 0 spiro atoms. The normalized spacial score (nSPS) is 34.6. The second kappa shape index (κ2) is 4.58. The summed E-state index contributed by atoms with van der Waals surface area (Å²) in [5, 5.41) is 6.37. The van der Waals surface area contributed by atoms with Crippen molar-refractivity contribution < 1.29 is 9.53 Å². The number of ether oxygens (including phenoxy) is 1. The zero-order valence-electron chi connectivity index (χ0n) is 11.1. The summed E-state index contributed by atoms with van der Waals surface area (Å²) in [5.74, 6) is 0.812. The van der Waals surface area contributed by atoms with Crippen molar-refractivity contribution in [3.8, 4) is 0 Å². The number of nitrogens with one attached hydrogen (secondary N) is 2. The van der Waals surface area contributed by atoms with Crippen LogP contribution in [0.1, 0.15) is 26.7 Å². The fourth-order valence-electron chi connectivity index (χ4n) is 2.73. The van der Waals surface area contributed by atoms with E-state index in [4.69, 9.17) is 4.74 Å². The van der Waals surface area contributed by atoms with E-state index in [1.165, 1.54) is 6.42 Å². The molecule has 1 saturated heterocycles. The maximum absolute atomic E-state index is 12.3. The fourth-order valence-corrected chi connectivity index (χ4v) is 2.73. The predicted octanol–water partition coefficient (Wildman–Crippen LogP) is 0.775. The molecule has 0 aromatic carbocycles. The van der Waals surface area contributed by atoms with Gasteiger partial charge in [0.25, 0.3) is 0 Å². The first-order valence-electron chi connectivity index (χ1n) is 6.48. The first-order valence-corrected chi connectivity index (χ1v) is 6.48. The molecular formula is C13H24N2O2. The van der Waals surface area contributed by atoms with Crippen LogP contribution in [0.3, 0.4) is 0 Å². The fraction of sp³-hybridized carbons (Fsp3) is 0.923. The smallest absolute Gasteiger partial charge is 0.229 e. The van der Waals surface area contributed by atoms with E-state index in [0.717, 1.165) is 26.1 Å². The Kier molecular flexibility index (Phi) is 3.46. The number of rotatable bonds is 5. The molecule has 1 amide bonds. The first kappa shape index (κ1) is 12.8. The van der Waals surface area contributed by atoms with Crippen LogP contribution < -0.4 is 10.6 Å². The van der Waals surface area contributed by atoms with Crippen LogP contribution in [-0.2, 0) is 9.53 Å². The molecule has 17 heavy (non-hydrogen) atoms. The Labute approximate surface area is 103 Å². The van der Waals surface area contributed by atoms with Gasteiger partial charge in [-0.05, 0) is 30.7 Å². The molecule has 1 aliphatic heterocycles. The lowest BCUT2D eigenvalue weighted by Crippen LogP contribution is -2.46. The maximum atomic E-state index is 12.3. The predicted molar refractivity (Wildman–Crippen MR) is 66.7 cm³/mol. The van der Waals surface area contributed by atoms with Crippen LogP contribution in [0.5, 0.6) is 0 Å². The lowest BCUT2D eigenvalue weighted by molar-refractivity contribution is -0.133. The van der Waals surface area contributed by atoms with Crippen LogP contribution >= 0.6 is 0 Å². The van der Waals surface area contributed by atoms with Crippen LogP contribution in [0.4, 0.5) is 0 Å². The van der Waals surface area contributed by atoms with Crippen molar-refractivity contribution in [2.45, 2.75) is 26.7 Å². The minimum absolute atomic E-state index is 0.159. The molecule has 1 heterocycles. The molecule has 98 valence electrons. The number of methoxy groups -OCH3 is 1. The van der Waals surface area contributed by atoms with Gasteiger partial charge in [0.2, 0.25) is 5.91 Å². The van der Waals surface area contributed by atoms with Crippen LogP contribution in [0.25, 0.3) is 0 Å². The second-order valence-electron chi connectivity index (χ2n) is 6.24. The quantitative estimate of drug-likeness (QED) is 0.746. The van der Waals surface area contributed by atoms with E-state index in [2.05, 4.69) is 24.5 Å². The van der Waals surface area contributed by atoms with E-state index in [0.29, 0.717) is 17.9 Å². The third-order valence-electron chi connectivity index (χ3n) is 4.37. The van der Waals surface area contributed by atoms with E-state index >= 15 is 0 Å². The molecule has 1 saturated carbocycles. The molecule has 2 unspecified atom stereocenters. The summed E-state index contributed by atoms with van der Waals surface area (Å²) in [4.78, 5) is 12.3. The molecule has 2 atom stereocenters. The third kappa shape index (κ3) is 2.63. The van der Waals surface area contributed by atoms with Crippen molar-refractivity contribution in [2.24, 2.45) is 16.7 Å². The first-order chi connectivity index (χ1) is 8.00. The monoisotopic (exact) mass is 240 g/mol. The van der Waals surface area contributed by atoms with Gasteiger partial charge in [0.1, 0.15) is 0 Å². The molecule has 1 aliphatic carbocycles. The highest BCUT2D eigenvalue weighted by molar-refractivity contribution is 5.83. The van der Waals surface area contributed by atoms with Gasteiger partial charge in [0.05, 0.1) is 12.0 Å². The number of carbonyl (C=O) groups is 1. The molecule has 4 heteroatoms. The molecule has 0 aromatic heterocycles. The summed E-state index contributed by atoms with van der Waals surface area (Å²) in [6.45, 7) is 7.49. The number of hydrogen-bond acceptors (Lipinski definition) is 3. The molecule has 0 radical (unpaired) electrons. The SMILES string of the molecule is COCC1(C(=O)NCC2CC2(C)C)CCNC1. The Morgan fingerprint density at radius 1 is 1.53 bits per heavy atom. The number of hydrogen-bond donors (Lipinski definition) is 2. The number of carbonyl (C=O) groups excluding carboxylic acids is 1. The molecule has 4 nitrogen and oxygen atoms in total. The van der Waals surface area contributed by atoms with Gasteiger partial charge in [-0.25, -0.2) is 0 Å². The molecule has 2 N–H and O–H groups in total. The topological polar surface area (TPSA) is 50.4 Å². The highest BCUT2D eigenvalue weighted by atomic mass is 16.5. The van der Waals surface area contributed by atoms with Crippen molar-refractivity contribution in [3.05, 3.63) is 0 Å². The van der Waals surface area contributed by atoms with Crippen LogP contribution in [0.15, 0.2) is 0 Å². The summed E-state index contributed by atoms with van der Waals surface area (Å²) in [7, 11) is 1.66. The summed E-state index contributed by atoms with van der Waals surface area (Å²) < 4.78 is 5.21. The Balaban J connectivity index is 1.85. The molecule has 2 fully saturated rings. The van der Waals surface area contributed by atoms with Gasteiger partial charge >= 0.3 is 0 Å². The Hall–Kier alpha value is -0.610. The highest BCUT2D eigenvalue weighted by Gasteiger charge is 2.47. The van der Waals surface area contributed by atoms with Crippen molar-refractivity contribution in [2.75, 3.05) is 33.4 Å². The van der Waals surface area contributed by atoms with Gasteiger partial charge in [0.15, 0.2) is 0 Å². The second-order valence-corrected chi connectivity index (χ2v) is 6.24. The summed E-state index contributed by atoms with van der Waals surface area (Å²) in [6.07, 6.45) is 2.10. The van der Waals surface area contributed by atoms with E-state index in [9.17, 15) is 4.79 Å². The molecular weight excluding hydrogens is 216 g/mol. The lowest BCUT2D eigenvalue weighted by atomic mass is 9.87. The van der Waals surface area contributed by atoms with Gasteiger partial charge in [-0.1, -0.05) is 13.8 Å². The van der Waals surface area contributed by atoms with Crippen molar-refractivity contribution in [3.63, 3.8) is 0 Å².